The highest BCUT2D eigenvalue weighted by Crippen LogP contribution is 2.27. The maximum Gasteiger partial charge on any atom is 0.348 e. The highest BCUT2D eigenvalue weighted by atomic mass is 32.2. The molecular formula is C11H15N3OS. The van der Waals surface area contributed by atoms with Crippen LogP contribution < -0.4 is 11.0 Å². The summed E-state index contributed by atoms with van der Waals surface area (Å²) in [5.74, 6) is 1.43. The number of fused-ring (bicyclic) bond motifs is 1. The normalized spacial score (nSPS) is 24.4. The number of hydrogen-bond donors (Lipinski definition) is 1. The van der Waals surface area contributed by atoms with Crippen molar-refractivity contribution in [3.63, 3.8) is 0 Å². The van der Waals surface area contributed by atoms with Crippen LogP contribution in [-0.2, 0) is 6.54 Å². The van der Waals surface area contributed by atoms with Crippen LogP contribution in [0.25, 0.3) is 0 Å². The summed E-state index contributed by atoms with van der Waals surface area (Å²) in [6.07, 6.45) is 2.32. The fourth-order valence-electron chi connectivity index (χ4n) is 2.38. The van der Waals surface area contributed by atoms with Crippen molar-refractivity contribution in [2.45, 2.75) is 30.3 Å². The molecule has 3 heterocycles. The van der Waals surface area contributed by atoms with Gasteiger partial charge in [-0.1, -0.05) is 0 Å². The number of rotatable bonds is 1. The first-order valence-corrected chi connectivity index (χ1v) is 6.78. The maximum absolute atomic E-state index is 11.8. The second-order valence-electron chi connectivity index (χ2n) is 4.35. The monoisotopic (exact) mass is 237 g/mol. The van der Waals surface area contributed by atoms with Gasteiger partial charge in [0.1, 0.15) is 0 Å². The number of hydrogen-bond acceptors (Lipinski definition) is 4. The topological polar surface area (TPSA) is 46.9 Å². The maximum atomic E-state index is 11.8. The quantitative estimate of drug-likeness (QED) is 0.735. The standard InChI is InChI=1S/C11H15N3OS/c15-11-13-9(8-2-1-3-12-7-8)6-10-14(11)4-5-16-10/h6,8,12H,1-5,7H2. The Morgan fingerprint density at radius 3 is 3.31 bits per heavy atom. The number of nitrogens with one attached hydrogen (secondary N) is 1. The zero-order chi connectivity index (χ0) is 11.0. The Balaban J connectivity index is 1.96. The van der Waals surface area contributed by atoms with Gasteiger partial charge >= 0.3 is 5.69 Å². The van der Waals surface area contributed by atoms with E-state index in [0.717, 1.165) is 42.5 Å². The Bertz CT molecular complexity index is 451. The minimum Gasteiger partial charge on any atom is -0.316 e. The molecule has 16 heavy (non-hydrogen) atoms. The van der Waals surface area contributed by atoms with Crippen molar-refractivity contribution < 1.29 is 0 Å². The van der Waals surface area contributed by atoms with E-state index in [0.29, 0.717) is 5.92 Å². The van der Waals surface area contributed by atoms with E-state index in [1.807, 2.05) is 0 Å². The van der Waals surface area contributed by atoms with E-state index in [1.165, 1.54) is 6.42 Å². The third-order valence-electron chi connectivity index (χ3n) is 3.27. The van der Waals surface area contributed by atoms with E-state index >= 15 is 0 Å². The van der Waals surface area contributed by atoms with Gasteiger partial charge in [0.25, 0.3) is 0 Å². The summed E-state index contributed by atoms with van der Waals surface area (Å²) < 4.78 is 1.78. The molecule has 2 aliphatic heterocycles. The molecule has 5 heteroatoms. The Morgan fingerprint density at radius 1 is 1.56 bits per heavy atom. The molecule has 1 fully saturated rings. The summed E-state index contributed by atoms with van der Waals surface area (Å²) in [6.45, 7) is 2.87. The van der Waals surface area contributed by atoms with Gasteiger partial charge in [0.15, 0.2) is 0 Å². The number of nitrogens with zero attached hydrogens (tertiary/aromatic N) is 2. The van der Waals surface area contributed by atoms with Crippen LogP contribution in [0.15, 0.2) is 15.9 Å². The molecule has 86 valence electrons. The highest BCUT2D eigenvalue weighted by Gasteiger charge is 2.21. The fraction of sp³-hybridized carbons (Fsp3) is 0.636. The number of aromatic nitrogens is 2. The second kappa shape index (κ2) is 4.22. The summed E-state index contributed by atoms with van der Waals surface area (Å²) >= 11 is 1.76. The van der Waals surface area contributed by atoms with E-state index in [4.69, 9.17) is 0 Å². The zero-order valence-corrected chi connectivity index (χ0v) is 9.92. The molecule has 1 N–H and O–H groups in total. The molecule has 1 aromatic rings. The van der Waals surface area contributed by atoms with Crippen LogP contribution in [0.5, 0.6) is 0 Å². The molecule has 4 nitrogen and oxygen atoms in total. The molecule has 1 unspecified atom stereocenters. The van der Waals surface area contributed by atoms with Gasteiger partial charge in [0.2, 0.25) is 0 Å². The third kappa shape index (κ3) is 1.78. The lowest BCUT2D eigenvalue weighted by atomic mass is 9.96. The SMILES string of the molecule is O=c1nc(C2CCCNC2)cc2n1CCS2. The molecule has 1 atom stereocenters. The summed E-state index contributed by atoms with van der Waals surface area (Å²) in [7, 11) is 0. The Kier molecular flexibility index (Phi) is 2.73. The first kappa shape index (κ1) is 10.4. The van der Waals surface area contributed by atoms with E-state index in [9.17, 15) is 4.79 Å². The minimum absolute atomic E-state index is 0.0666. The van der Waals surface area contributed by atoms with Crippen LogP contribution in [0.2, 0.25) is 0 Å². The molecule has 2 aliphatic rings. The molecule has 0 spiro atoms. The van der Waals surface area contributed by atoms with Gasteiger partial charge in [-0.2, -0.15) is 4.98 Å². The lowest BCUT2D eigenvalue weighted by molar-refractivity contribution is 0.449. The van der Waals surface area contributed by atoms with Gasteiger partial charge in [0, 0.05) is 24.8 Å². The van der Waals surface area contributed by atoms with E-state index in [1.54, 1.807) is 16.3 Å². The summed E-state index contributed by atoms with van der Waals surface area (Å²) in [6, 6.07) is 2.11. The van der Waals surface area contributed by atoms with Gasteiger partial charge in [-0.3, -0.25) is 4.57 Å². The lowest BCUT2D eigenvalue weighted by Crippen LogP contribution is -2.31. The summed E-state index contributed by atoms with van der Waals surface area (Å²) in [5.41, 5.74) is 0.918. The third-order valence-corrected chi connectivity index (χ3v) is 4.29. The molecular weight excluding hydrogens is 222 g/mol. The Hall–Kier alpha value is -0.810. The number of piperidine rings is 1. The zero-order valence-electron chi connectivity index (χ0n) is 9.11. The minimum atomic E-state index is -0.0666. The van der Waals surface area contributed by atoms with Crippen molar-refractivity contribution >= 4 is 11.8 Å². The number of thioether (sulfide) groups is 1. The highest BCUT2D eigenvalue weighted by molar-refractivity contribution is 7.99. The summed E-state index contributed by atoms with van der Waals surface area (Å²) in [4.78, 5) is 16.0. The second-order valence-corrected chi connectivity index (χ2v) is 5.46. The van der Waals surface area contributed by atoms with Crippen LogP contribution in [0.1, 0.15) is 24.5 Å². The van der Waals surface area contributed by atoms with Crippen molar-refractivity contribution in [1.29, 1.82) is 0 Å². The molecule has 0 saturated carbocycles. The predicted molar refractivity (Wildman–Crippen MR) is 64.1 cm³/mol. The molecule has 3 rings (SSSR count). The average Bonchev–Trinajstić information content (AvgIpc) is 2.79. The predicted octanol–water partition coefficient (Wildman–Crippen LogP) is 0.816. The van der Waals surface area contributed by atoms with E-state index in [-0.39, 0.29) is 5.69 Å². The first-order valence-electron chi connectivity index (χ1n) is 5.80. The molecule has 1 saturated heterocycles. The van der Waals surface area contributed by atoms with Crippen molar-refractivity contribution in [3.8, 4) is 0 Å². The molecule has 0 aromatic carbocycles. The average molecular weight is 237 g/mol. The first-order chi connectivity index (χ1) is 7.84. The van der Waals surface area contributed by atoms with Crippen LogP contribution in [0, 0.1) is 0 Å². The largest absolute Gasteiger partial charge is 0.348 e. The van der Waals surface area contributed by atoms with Gasteiger partial charge < -0.3 is 5.32 Å². The molecule has 1 aromatic heterocycles. The van der Waals surface area contributed by atoms with Crippen molar-refractivity contribution in [2.24, 2.45) is 0 Å². The van der Waals surface area contributed by atoms with Crippen LogP contribution in [0.3, 0.4) is 0 Å². The van der Waals surface area contributed by atoms with Crippen molar-refractivity contribution in [2.75, 3.05) is 18.8 Å². The van der Waals surface area contributed by atoms with Crippen molar-refractivity contribution in [1.82, 2.24) is 14.9 Å². The van der Waals surface area contributed by atoms with Gasteiger partial charge in [-0.25, -0.2) is 4.79 Å². The Labute approximate surface area is 98.5 Å². The molecule has 0 amide bonds. The van der Waals surface area contributed by atoms with Gasteiger partial charge in [0.05, 0.1) is 10.7 Å². The van der Waals surface area contributed by atoms with Crippen LogP contribution in [-0.4, -0.2) is 28.4 Å². The van der Waals surface area contributed by atoms with Crippen LogP contribution in [0.4, 0.5) is 0 Å². The van der Waals surface area contributed by atoms with Crippen molar-refractivity contribution in [3.05, 3.63) is 22.2 Å². The summed E-state index contributed by atoms with van der Waals surface area (Å²) in [5, 5.41) is 4.46. The Morgan fingerprint density at radius 2 is 2.50 bits per heavy atom. The molecule has 0 bridgehead atoms. The molecule has 0 aliphatic carbocycles. The van der Waals surface area contributed by atoms with E-state index in [2.05, 4.69) is 16.4 Å². The fourth-order valence-corrected chi connectivity index (χ4v) is 3.39. The van der Waals surface area contributed by atoms with Gasteiger partial charge in [-0.05, 0) is 25.5 Å². The molecule has 0 radical (unpaired) electrons. The van der Waals surface area contributed by atoms with Crippen LogP contribution >= 0.6 is 11.8 Å². The van der Waals surface area contributed by atoms with Gasteiger partial charge in [-0.15, -0.1) is 11.8 Å². The smallest absolute Gasteiger partial charge is 0.316 e. The van der Waals surface area contributed by atoms with E-state index < -0.39 is 0 Å². The lowest BCUT2D eigenvalue weighted by Gasteiger charge is -2.22.